The van der Waals surface area contributed by atoms with Crippen molar-refractivity contribution in [1.82, 2.24) is 9.38 Å². The van der Waals surface area contributed by atoms with Crippen LogP contribution in [0.5, 0.6) is 0 Å². The van der Waals surface area contributed by atoms with Crippen molar-refractivity contribution in [3.05, 3.63) is 54.4 Å². The van der Waals surface area contributed by atoms with Gasteiger partial charge in [0.25, 0.3) is 0 Å². The summed E-state index contributed by atoms with van der Waals surface area (Å²) in [6, 6.07) is 10.5. The number of hydrogen-bond donors (Lipinski definition) is 4. The summed E-state index contributed by atoms with van der Waals surface area (Å²) >= 11 is 0. The molecular formula is C17H15N5O3. The number of anilines is 1. The number of nitrogen functional groups attached to an aromatic ring is 1. The highest BCUT2D eigenvalue weighted by atomic mass is 16.4. The summed E-state index contributed by atoms with van der Waals surface area (Å²) in [4.78, 5) is 26.6. The maximum atomic E-state index is 11.5. The van der Waals surface area contributed by atoms with Crippen LogP contribution >= 0.6 is 0 Å². The molecule has 5 N–H and O–H groups in total. The van der Waals surface area contributed by atoms with Crippen molar-refractivity contribution in [2.24, 2.45) is 5.73 Å². The molecule has 0 bridgehead atoms. The molecule has 8 nitrogen and oxygen atoms in total. The number of carbonyl (C=O) groups is 2. The van der Waals surface area contributed by atoms with Crippen molar-refractivity contribution in [3.8, 4) is 11.3 Å². The number of nitrogens with two attached hydrogens (primary N) is 1. The number of nitrogens with zero attached hydrogens (tertiary/aromatic N) is 2. The molecule has 1 amide bonds. The monoisotopic (exact) mass is 337 g/mol. The summed E-state index contributed by atoms with van der Waals surface area (Å²) in [6.45, 7) is 0. The van der Waals surface area contributed by atoms with E-state index in [1.807, 2.05) is 18.3 Å². The molecule has 0 aliphatic heterocycles. The number of aliphatic carboxylic acids is 1. The highest BCUT2D eigenvalue weighted by Gasteiger charge is 2.10. The van der Waals surface area contributed by atoms with Gasteiger partial charge in [0.2, 0.25) is 5.91 Å². The van der Waals surface area contributed by atoms with Crippen molar-refractivity contribution in [2.75, 3.05) is 5.32 Å². The van der Waals surface area contributed by atoms with Crippen molar-refractivity contribution >= 4 is 29.0 Å². The average Bonchev–Trinajstić information content (AvgIpc) is 2.97. The van der Waals surface area contributed by atoms with E-state index in [0.29, 0.717) is 16.9 Å². The van der Waals surface area contributed by atoms with Crippen molar-refractivity contribution in [1.29, 1.82) is 5.41 Å². The summed E-state index contributed by atoms with van der Waals surface area (Å²) in [5, 5.41) is 18.5. The van der Waals surface area contributed by atoms with Crippen molar-refractivity contribution in [2.45, 2.75) is 6.42 Å². The molecule has 0 saturated carbocycles. The highest BCUT2D eigenvalue weighted by molar-refractivity contribution is 6.01. The Bertz CT molecular complexity index is 976. The fraction of sp³-hybridized carbons (Fsp3) is 0.0588. The topological polar surface area (TPSA) is 134 Å². The minimum Gasteiger partial charge on any atom is -0.481 e. The van der Waals surface area contributed by atoms with Gasteiger partial charge in [-0.25, -0.2) is 4.98 Å². The van der Waals surface area contributed by atoms with Gasteiger partial charge in [0, 0.05) is 35.3 Å². The van der Waals surface area contributed by atoms with Crippen LogP contribution in [0.3, 0.4) is 0 Å². The Labute approximate surface area is 142 Å². The van der Waals surface area contributed by atoms with Gasteiger partial charge < -0.3 is 20.6 Å². The lowest BCUT2D eigenvalue weighted by Gasteiger charge is -2.03. The zero-order chi connectivity index (χ0) is 18.0. The van der Waals surface area contributed by atoms with Crippen LogP contribution in [0.1, 0.15) is 12.0 Å². The number of amidine groups is 1. The minimum atomic E-state index is -1.18. The van der Waals surface area contributed by atoms with Gasteiger partial charge in [-0.2, -0.15) is 0 Å². The third-order valence-corrected chi connectivity index (χ3v) is 3.55. The minimum absolute atomic E-state index is 0.00305. The number of nitrogens with one attached hydrogen (secondary N) is 2. The van der Waals surface area contributed by atoms with Gasteiger partial charge in [-0.3, -0.25) is 15.0 Å². The van der Waals surface area contributed by atoms with Gasteiger partial charge in [-0.05, 0) is 6.07 Å². The van der Waals surface area contributed by atoms with E-state index in [9.17, 15) is 9.59 Å². The van der Waals surface area contributed by atoms with E-state index in [-0.39, 0.29) is 5.84 Å². The molecule has 0 atom stereocenters. The van der Waals surface area contributed by atoms with Gasteiger partial charge in [0.05, 0.1) is 5.69 Å². The Balaban J connectivity index is 1.86. The summed E-state index contributed by atoms with van der Waals surface area (Å²) in [7, 11) is 0. The predicted octanol–water partition coefficient (Wildman–Crippen LogP) is 1.70. The van der Waals surface area contributed by atoms with Crippen LogP contribution < -0.4 is 11.1 Å². The van der Waals surface area contributed by atoms with Crippen molar-refractivity contribution < 1.29 is 14.7 Å². The Kier molecular flexibility index (Phi) is 4.17. The van der Waals surface area contributed by atoms with Crippen LogP contribution in [0.25, 0.3) is 16.9 Å². The lowest BCUT2D eigenvalue weighted by atomic mass is 10.1. The zero-order valence-electron chi connectivity index (χ0n) is 13.1. The smallest absolute Gasteiger partial charge is 0.312 e. The Hall–Kier alpha value is -3.68. The van der Waals surface area contributed by atoms with Crippen LogP contribution in [0.2, 0.25) is 0 Å². The second-order valence-electron chi connectivity index (χ2n) is 5.42. The number of hydrogen-bond acceptors (Lipinski definition) is 4. The average molecular weight is 337 g/mol. The van der Waals surface area contributed by atoms with E-state index < -0.39 is 18.3 Å². The van der Waals surface area contributed by atoms with E-state index in [1.165, 1.54) is 0 Å². The molecule has 2 aromatic heterocycles. The summed E-state index contributed by atoms with van der Waals surface area (Å²) in [5.74, 6) is -1.78. The SMILES string of the molecule is N=C(N)c1ccc(-c2cn3ccc(NC(=O)CC(=O)O)cc3n2)cc1. The Morgan fingerprint density at radius 1 is 1.24 bits per heavy atom. The van der Waals surface area contributed by atoms with Gasteiger partial charge in [0.15, 0.2) is 0 Å². The number of rotatable bonds is 5. The van der Waals surface area contributed by atoms with Crippen LogP contribution in [0.4, 0.5) is 5.69 Å². The van der Waals surface area contributed by atoms with Crippen LogP contribution in [-0.4, -0.2) is 32.2 Å². The Morgan fingerprint density at radius 2 is 1.96 bits per heavy atom. The molecule has 0 spiro atoms. The van der Waals surface area contributed by atoms with E-state index in [2.05, 4.69) is 10.3 Å². The third kappa shape index (κ3) is 3.63. The number of fused-ring (bicyclic) bond motifs is 1. The molecule has 126 valence electrons. The van der Waals surface area contributed by atoms with Crippen LogP contribution in [0, 0.1) is 5.41 Å². The number of carboxylic acid groups (broad SMARTS) is 1. The standard InChI is InChI=1S/C17H15N5O3/c18-17(19)11-3-1-10(2-4-11)13-9-22-6-5-12(7-14(22)21-13)20-15(23)8-16(24)25/h1-7,9H,8H2,(H3,18,19)(H,20,23)(H,24,25). The largest absolute Gasteiger partial charge is 0.481 e. The molecule has 0 saturated heterocycles. The van der Waals surface area contributed by atoms with Crippen LogP contribution in [-0.2, 0) is 9.59 Å². The summed E-state index contributed by atoms with van der Waals surface area (Å²) < 4.78 is 1.79. The molecule has 0 radical (unpaired) electrons. The first-order valence-corrected chi connectivity index (χ1v) is 7.37. The number of carboxylic acids is 1. The van der Waals surface area contributed by atoms with Gasteiger partial charge in [-0.1, -0.05) is 24.3 Å². The van der Waals surface area contributed by atoms with Crippen molar-refractivity contribution in [3.63, 3.8) is 0 Å². The molecular weight excluding hydrogens is 322 g/mol. The van der Waals surface area contributed by atoms with E-state index >= 15 is 0 Å². The molecule has 8 heteroatoms. The molecule has 0 aliphatic carbocycles. The third-order valence-electron chi connectivity index (χ3n) is 3.55. The normalized spacial score (nSPS) is 10.6. The fourth-order valence-electron chi connectivity index (χ4n) is 2.36. The zero-order valence-corrected chi connectivity index (χ0v) is 13.1. The summed E-state index contributed by atoms with van der Waals surface area (Å²) in [5.41, 5.74) is 8.75. The van der Waals surface area contributed by atoms with Gasteiger partial charge in [-0.15, -0.1) is 0 Å². The first-order chi connectivity index (χ1) is 11.9. The molecule has 3 rings (SSSR count). The highest BCUT2D eigenvalue weighted by Crippen LogP contribution is 2.21. The quantitative estimate of drug-likeness (QED) is 0.319. The summed E-state index contributed by atoms with van der Waals surface area (Å²) in [6.07, 6.45) is 2.97. The molecule has 0 fully saturated rings. The molecule has 1 aromatic carbocycles. The molecule has 2 heterocycles. The molecule has 25 heavy (non-hydrogen) atoms. The number of aromatic nitrogens is 2. The fourth-order valence-corrected chi connectivity index (χ4v) is 2.36. The van der Waals surface area contributed by atoms with E-state index in [4.69, 9.17) is 16.2 Å². The van der Waals surface area contributed by atoms with Gasteiger partial charge in [0.1, 0.15) is 17.9 Å². The first-order valence-electron chi connectivity index (χ1n) is 7.37. The molecule has 3 aromatic rings. The maximum Gasteiger partial charge on any atom is 0.312 e. The first kappa shape index (κ1) is 16.2. The maximum absolute atomic E-state index is 11.5. The van der Waals surface area contributed by atoms with Crippen LogP contribution in [0.15, 0.2) is 48.8 Å². The Morgan fingerprint density at radius 3 is 2.60 bits per heavy atom. The van der Waals surface area contributed by atoms with E-state index in [1.54, 1.807) is 34.9 Å². The number of amides is 1. The second kappa shape index (κ2) is 6.44. The predicted molar refractivity (Wildman–Crippen MR) is 92.5 cm³/mol. The number of benzene rings is 1. The number of pyridine rings is 1. The molecule has 0 aliphatic rings. The van der Waals surface area contributed by atoms with Gasteiger partial charge >= 0.3 is 5.97 Å². The number of carbonyl (C=O) groups excluding carboxylic acids is 1. The number of imidazole rings is 1. The van der Waals surface area contributed by atoms with E-state index in [0.717, 1.165) is 11.3 Å². The lowest BCUT2D eigenvalue weighted by molar-refractivity contribution is -0.139. The lowest BCUT2D eigenvalue weighted by Crippen LogP contribution is -2.15. The second-order valence-corrected chi connectivity index (χ2v) is 5.42. The molecule has 0 unspecified atom stereocenters.